The monoisotopic (exact) mass is 273 g/mol. The first-order valence-electron chi connectivity index (χ1n) is 7.57. The van der Waals surface area contributed by atoms with Gasteiger partial charge in [-0.1, -0.05) is 35.9 Å². The van der Waals surface area contributed by atoms with Crippen LogP contribution in [0.1, 0.15) is 23.1 Å². The molecule has 1 aliphatic rings. The highest BCUT2D eigenvalue weighted by atomic mass is 14.6. The summed E-state index contributed by atoms with van der Waals surface area (Å²) >= 11 is 0. The van der Waals surface area contributed by atoms with Gasteiger partial charge in [0, 0.05) is 17.1 Å². The number of H-pyrrole nitrogens is 1. The smallest absolute Gasteiger partial charge is 0.0462 e. The normalized spacial score (nSPS) is 14.3. The zero-order valence-corrected chi connectivity index (χ0v) is 12.5. The summed E-state index contributed by atoms with van der Waals surface area (Å²) in [6.45, 7) is 4.48. The van der Waals surface area contributed by atoms with E-state index < -0.39 is 0 Å². The van der Waals surface area contributed by atoms with E-state index in [2.05, 4.69) is 61.3 Å². The van der Waals surface area contributed by atoms with Gasteiger partial charge < -0.3 is 4.98 Å². The molecule has 1 nitrogen and oxygen atoms in total. The van der Waals surface area contributed by atoms with Crippen molar-refractivity contribution in [3.8, 4) is 0 Å². The van der Waals surface area contributed by atoms with Gasteiger partial charge in [0.1, 0.15) is 0 Å². The van der Waals surface area contributed by atoms with Gasteiger partial charge in [0.15, 0.2) is 0 Å². The van der Waals surface area contributed by atoms with Crippen molar-refractivity contribution in [1.29, 1.82) is 0 Å². The number of aryl methyl sites for hydroxylation is 2. The summed E-state index contributed by atoms with van der Waals surface area (Å²) in [5.74, 6) is 0. The summed E-state index contributed by atoms with van der Waals surface area (Å²) in [4.78, 5) is 3.39. The SMILES string of the molecule is Cc1cc2c(C)c3ccc[nH]c3cc2c1CC1=CC=CC1. The number of hydrogen-bond donors (Lipinski definition) is 1. The molecular weight excluding hydrogens is 254 g/mol. The van der Waals surface area contributed by atoms with Crippen LogP contribution >= 0.6 is 0 Å². The maximum Gasteiger partial charge on any atom is 0.0462 e. The maximum atomic E-state index is 3.39. The molecule has 1 heteroatoms. The zero-order valence-electron chi connectivity index (χ0n) is 12.5. The molecule has 1 N–H and O–H groups in total. The Balaban J connectivity index is 1.96. The highest BCUT2D eigenvalue weighted by Gasteiger charge is 2.14. The molecule has 0 amide bonds. The van der Waals surface area contributed by atoms with Crippen LogP contribution in [0.5, 0.6) is 0 Å². The van der Waals surface area contributed by atoms with Crippen molar-refractivity contribution in [3.63, 3.8) is 0 Å². The van der Waals surface area contributed by atoms with Crippen molar-refractivity contribution in [2.75, 3.05) is 0 Å². The lowest BCUT2D eigenvalue weighted by Gasteiger charge is -2.07. The predicted octanol–water partition coefficient (Wildman–Crippen LogP) is 5.37. The van der Waals surface area contributed by atoms with Gasteiger partial charge in [-0.3, -0.25) is 0 Å². The third-order valence-electron chi connectivity index (χ3n) is 4.69. The fourth-order valence-electron chi connectivity index (χ4n) is 3.50. The van der Waals surface area contributed by atoms with E-state index in [1.54, 1.807) is 0 Å². The Kier molecular flexibility index (Phi) is 2.75. The van der Waals surface area contributed by atoms with Gasteiger partial charge in [0.25, 0.3) is 0 Å². The van der Waals surface area contributed by atoms with Crippen molar-refractivity contribution in [3.05, 3.63) is 71.0 Å². The summed E-state index contributed by atoms with van der Waals surface area (Å²) < 4.78 is 0. The van der Waals surface area contributed by atoms with Crippen LogP contribution in [0.3, 0.4) is 0 Å². The van der Waals surface area contributed by atoms with E-state index in [-0.39, 0.29) is 0 Å². The van der Waals surface area contributed by atoms with Gasteiger partial charge in [0.2, 0.25) is 0 Å². The second-order valence-electron chi connectivity index (χ2n) is 6.03. The van der Waals surface area contributed by atoms with Crippen molar-refractivity contribution < 1.29 is 0 Å². The lowest BCUT2D eigenvalue weighted by molar-refractivity contribution is 1.09. The van der Waals surface area contributed by atoms with Crippen molar-refractivity contribution in [2.24, 2.45) is 0 Å². The van der Waals surface area contributed by atoms with Crippen LogP contribution in [-0.4, -0.2) is 4.98 Å². The van der Waals surface area contributed by atoms with Gasteiger partial charge in [-0.2, -0.15) is 0 Å². The molecule has 0 saturated heterocycles. The van der Waals surface area contributed by atoms with Crippen LogP contribution in [0, 0.1) is 13.8 Å². The van der Waals surface area contributed by atoms with E-state index in [1.807, 2.05) is 6.20 Å². The third kappa shape index (κ3) is 1.92. The molecule has 1 heterocycles. The molecule has 1 aliphatic carbocycles. The molecule has 0 atom stereocenters. The highest BCUT2D eigenvalue weighted by Crippen LogP contribution is 2.34. The van der Waals surface area contributed by atoms with Gasteiger partial charge in [0.05, 0.1) is 0 Å². The molecular formula is C20H19N. The van der Waals surface area contributed by atoms with Crippen LogP contribution in [0.2, 0.25) is 0 Å². The number of aromatic amines is 1. The lowest BCUT2D eigenvalue weighted by Crippen LogP contribution is -1.90. The first-order chi connectivity index (χ1) is 10.2. The Morgan fingerprint density at radius 3 is 2.81 bits per heavy atom. The molecule has 0 aliphatic heterocycles. The third-order valence-corrected chi connectivity index (χ3v) is 4.69. The van der Waals surface area contributed by atoms with E-state index in [1.165, 1.54) is 43.9 Å². The number of hydrogen-bond acceptors (Lipinski definition) is 0. The number of fused-ring (bicyclic) bond motifs is 2. The van der Waals surface area contributed by atoms with Crippen LogP contribution in [0.15, 0.2) is 54.3 Å². The fourth-order valence-corrected chi connectivity index (χ4v) is 3.50. The molecule has 104 valence electrons. The molecule has 0 saturated carbocycles. The minimum absolute atomic E-state index is 1.07. The van der Waals surface area contributed by atoms with E-state index in [9.17, 15) is 0 Å². The molecule has 0 fully saturated rings. The number of aromatic nitrogens is 1. The Hall–Kier alpha value is -2.28. The molecule has 0 bridgehead atoms. The number of allylic oxidation sites excluding steroid dienone is 4. The lowest BCUT2D eigenvalue weighted by atomic mass is 9.98. The summed E-state index contributed by atoms with van der Waals surface area (Å²) in [5.41, 5.74) is 7.03. The molecule has 3 aromatic rings. The number of nitrogens with one attached hydrogen (secondary N) is 1. The van der Waals surface area contributed by atoms with Gasteiger partial charge >= 0.3 is 0 Å². The van der Waals surface area contributed by atoms with Crippen molar-refractivity contribution in [1.82, 2.24) is 4.98 Å². The van der Waals surface area contributed by atoms with Crippen molar-refractivity contribution >= 4 is 21.7 Å². The zero-order chi connectivity index (χ0) is 14.4. The van der Waals surface area contributed by atoms with E-state index in [0.717, 1.165) is 12.8 Å². The van der Waals surface area contributed by atoms with Gasteiger partial charge in [-0.05, 0) is 66.3 Å². The molecule has 0 unspecified atom stereocenters. The van der Waals surface area contributed by atoms with E-state index >= 15 is 0 Å². The van der Waals surface area contributed by atoms with Gasteiger partial charge in [-0.15, -0.1) is 0 Å². The average molecular weight is 273 g/mol. The minimum atomic E-state index is 1.07. The van der Waals surface area contributed by atoms with E-state index in [4.69, 9.17) is 0 Å². The predicted molar refractivity (Wildman–Crippen MR) is 90.8 cm³/mol. The first kappa shape index (κ1) is 12.5. The Bertz CT molecular complexity index is 906. The summed E-state index contributed by atoms with van der Waals surface area (Å²) in [7, 11) is 0. The first-order valence-corrected chi connectivity index (χ1v) is 7.57. The average Bonchev–Trinajstić information content (AvgIpc) is 3.10. The standard InChI is InChI=1S/C20H19N/c1-13-10-18-14(2)16-8-5-9-21-20(16)12-19(18)17(13)11-15-6-3-4-7-15/h3-6,8-10,12,21H,7,11H2,1-2H3. The van der Waals surface area contributed by atoms with Crippen LogP contribution in [0.25, 0.3) is 21.7 Å². The summed E-state index contributed by atoms with van der Waals surface area (Å²) in [5, 5.41) is 4.14. The Labute approximate surface area is 125 Å². The van der Waals surface area contributed by atoms with Crippen molar-refractivity contribution in [2.45, 2.75) is 26.7 Å². The van der Waals surface area contributed by atoms with Crippen LogP contribution < -0.4 is 0 Å². The fraction of sp³-hybridized carbons (Fsp3) is 0.200. The molecule has 0 radical (unpaired) electrons. The van der Waals surface area contributed by atoms with Crippen LogP contribution in [-0.2, 0) is 6.42 Å². The number of rotatable bonds is 2. The summed E-state index contributed by atoms with van der Waals surface area (Å²) in [6, 6.07) is 8.96. The minimum Gasteiger partial charge on any atom is -0.361 e. The highest BCUT2D eigenvalue weighted by molar-refractivity contribution is 6.03. The molecule has 1 aromatic heterocycles. The largest absolute Gasteiger partial charge is 0.361 e. The molecule has 4 rings (SSSR count). The molecule has 0 spiro atoms. The second kappa shape index (κ2) is 4.63. The molecule has 2 aromatic carbocycles. The van der Waals surface area contributed by atoms with E-state index in [0.29, 0.717) is 0 Å². The topological polar surface area (TPSA) is 15.8 Å². The quantitative estimate of drug-likeness (QED) is 0.646. The Morgan fingerprint density at radius 2 is 2.00 bits per heavy atom. The van der Waals surface area contributed by atoms with Crippen LogP contribution in [0.4, 0.5) is 0 Å². The summed E-state index contributed by atoms with van der Waals surface area (Å²) in [6.07, 6.45) is 10.9. The maximum absolute atomic E-state index is 3.39. The number of pyridine rings is 1. The Morgan fingerprint density at radius 1 is 1.10 bits per heavy atom. The molecule has 21 heavy (non-hydrogen) atoms. The van der Waals surface area contributed by atoms with Gasteiger partial charge in [-0.25, -0.2) is 0 Å². The second-order valence-corrected chi connectivity index (χ2v) is 6.03. The number of benzene rings is 1.